The van der Waals surface area contributed by atoms with Crippen molar-refractivity contribution in [3.05, 3.63) is 46.9 Å². The summed E-state index contributed by atoms with van der Waals surface area (Å²) < 4.78 is 7.82. The lowest BCUT2D eigenvalue weighted by molar-refractivity contribution is -0.192. The molecule has 4 rings (SSSR count). The van der Waals surface area contributed by atoms with Gasteiger partial charge in [0.2, 0.25) is 0 Å². The molecule has 0 spiro atoms. The van der Waals surface area contributed by atoms with Gasteiger partial charge in [0.05, 0.1) is 6.10 Å². The monoisotopic (exact) mass is 455 g/mol. The molecule has 6 heteroatoms. The van der Waals surface area contributed by atoms with Gasteiger partial charge in [0.15, 0.2) is 5.43 Å². The summed E-state index contributed by atoms with van der Waals surface area (Å²) in [5, 5.41) is 11.6. The van der Waals surface area contributed by atoms with Crippen LogP contribution in [0.25, 0.3) is 0 Å². The van der Waals surface area contributed by atoms with Crippen molar-refractivity contribution in [1.29, 1.82) is 0 Å². The fourth-order valence-electron chi connectivity index (χ4n) is 7.43. The van der Waals surface area contributed by atoms with Crippen LogP contribution in [0.3, 0.4) is 0 Å². The van der Waals surface area contributed by atoms with E-state index in [0.717, 1.165) is 19.3 Å². The maximum atomic E-state index is 13.4. The summed E-state index contributed by atoms with van der Waals surface area (Å²) in [5.41, 5.74) is -2.03. The molecular formula is C27H37NO5. The number of aliphatic hydroxyl groups is 1. The Balaban J connectivity index is 1.86. The Bertz CT molecular complexity index is 1050. The zero-order valence-corrected chi connectivity index (χ0v) is 20.5. The highest BCUT2D eigenvalue weighted by Crippen LogP contribution is 2.68. The topological polar surface area (TPSA) is 85.6 Å². The van der Waals surface area contributed by atoms with Crippen molar-refractivity contribution in [3.8, 4) is 0 Å². The number of ether oxygens (including phenoxy) is 1. The SMILES string of the molecule is C=C[C@]1(C)C[C@@H](OC(=O)c2cn(C)ccc2=O)[C@@]2(C)C3C(=O)CC[C@@]3(CC[C@H]2C)[C@@H](C)[C@@H]1O. The molecule has 1 aromatic heterocycles. The van der Waals surface area contributed by atoms with E-state index in [1.54, 1.807) is 23.9 Å². The lowest BCUT2D eigenvalue weighted by atomic mass is 9.44. The van der Waals surface area contributed by atoms with Crippen molar-refractivity contribution in [2.24, 2.45) is 41.0 Å². The van der Waals surface area contributed by atoms with Gasteiger partial charge in [0.1, 0.15) is 17.5 Å². The summed E-state index contributed by atoms with van der Waals surface area (Å²) in [5.74, 6) is -0.690. The van der Waals surface area contributed by atoms with Crippen LogP contribution in [-0.4, -0.2) is 33.6 Å². The molecule has 3 aliphatic carbocycles. The molecule has 0 amide bonds. The molecule has 8 atom stereocenters. The molecular weight excluding hydrogens is 418 g/mol. The zero-order valence-electron chi connectivity index (χ0n) is 20.5. The minimum absolute atomic E-state index is 0.0210. The third-order valence-electron chi connectivity index (χ3n) is 9.83. The molecule has 1 aromatic rings. The predicted octanol–water partition coefficient (Wildman–Crippen LogP) is 3.91. The molecule has 0 saturated heterocycles. The summed E-state index contributed by atoms with van der Waals surface area (Å²) in [6.45, 7) is 12.3. The molecule has 0 aliphatic heterocycles. The lowest BCUT2D eigenvalue weighted by Crippen LogP contribution is -2.63. The number of pyridine rings is 1. The quantitative estimate of drug-likeness (QED) is 0.552. The highest BCUT2D eigenvalue weighted by atomic mass is 16.5. The summed E-state index contributed by atoms with van der Waals surface area (Å²) >= 11 is 0. The first-order valence-electron chi connectivity index (χ1n) is 12.1. The van der Waals surface area contributed by atoms with Crippen molar-refractivity contribution < 1.29 is 19.4 Å². The van der Waals surface area contributed by atoms with E-state index in [-0.39, 0.29) is 34.5 Å². The van der Waals surface area contributed by atoms with Gasteiger partial charge in [-0.3, -0.25) is 9.59 Å². The summed E-state index contributed by atoms with van der Waals surface area (Å²) in [4.78, 5) is 39.1. The normalized spacial score (nSPS) is 42.7. The van der Waals surface area contributed by atoms with Crippen LogP contribution in [0.5, 0.6) is 0 Å². The third kappa shape index (κ3) is 3.36. The number of aliphatic hydroxyl groups excluding tert-OH is 1. The van der Waals surface area contributed by atoms with Crippen molar-refractivity contribution >= 4 is 11.8 Å². The number of carbonyl (C=O) groups excluding carboxylic acids is 2. The number of hydrogen-bond donors (Lipinski definition) is 1. The highest BCUT2D eigenvalue weighted by Gasteiger charge is 2.68. The molecule has 3 saturated carbocycles. The lowest BCUT2D eigenvalue weighted by Gasteiger charge is -2.61. The van der Waals surface area contributed by atoms with Gasteiger partial charge in [-0.05, 0) is 42.9 Å². The zero-order chi connectivity index (χ0) is 24.3. The van der Waals surface area contributed by atoms with Crippen molar-refractivity contribution in [2.45, 2.75) is 72.0 Å². The van der Waals surface area contributed by atoms with Crippen LogP contribution in [0, 0.1) is 34.0 Å². The fourth-order valence-corrected chi connectivity index (χ4v) is 7.43. The van der Waals surface area contributed by atoms with Crippen LogP contribution in [0.4, 0.5) is 0 Å². The van der Waals surface area contributed by atoms with Crippen LogP contribution in [-0.2, 0) is 16.6 Å². The maximum Gasteiger partial charge on any atom is 0.343 e. The van der Waals surface area contributed by atoms with Crippen LogP contribution in [0.2, 0.25) is 0 Å². The van der Waals surface area contributed by atoms with E-state index in [9.17, 15) is 19.5 Å². The summed E-state index contributed by atoms with van der Waals surface area (Å²) in [6.07, 6.45) is 6.88. The van der Waals surface area contributed by atoms with Crippen molar-refractivity contribution in [3.63, 3.8) is 0 Å². The van der Waals surface area contributed by atoms with Crippen LogP contribution in [0.1, 0.15) is 70.2 Å². The Labute approximate surface area is 196 Å². The van der Waals surface area contributed by atoms with Crippen molar-refractivity contribution in [2.75, 3.05) is 0 Å². The number of nitrogens with zero attached hydrogens (tertiary/aromatic N) is 1. The largest absolute Gasteiger partial charge is 0.458 e. The van der Waals surface area contributed by atoms with E-state index < -0.39 is 34.4 Å². The van der Waals surface area contributed by atoms with Crippen LogP contribution in [0.15, 0.2) is 35.9 Å². The first kappa shape index (κ1) is 23.9. The van der Waals surface area contributed by atoms with E-state index in [1.165, 1.54) is 12.3 Å². The number of aromatic nitrogens is 1. The Kier molecular flexibility index (Phi) is 5.75. The van der Waals surface area contributed by atoms with E-state index in [4.69, 9.17) is 4.74 Å². The minimum atomic E-state index is -0.716. The van der Waals surface area contributed by atoms with Gasteiger partial charge < -0.3 is 14.4 Å². The minimum Gasteiger partial charge on any atom is -0.458 e. The van der Waals surface area contributed by atoms with Gasteiger partial charge in [-0.2, -0.15) is 0 Å². The molecule has 3 aliphatic rings. The number of rotatable bonds is 3. The summed E-state index contributed by atoms with van der Waals surface area (Å²) in [7, 11) is 1.74. The van der Waals surface area contributed by atoms with Crippen molar-refractivity contribution in [1.82, 2.24) is 4.57 Å². The number of aryl methyl sites for hydroxylation is 1. The highest BCUT2D eigenvalue weighted by molar-refractivity contribution is 5.89. The summed E-state index contributed by atoms with van der Waals surface area (Å²) in [6, 6.07) is 1.35. The van der Waals surface area contributed by atoms with Crippen LogP contribution < -0.4 is 5.43 Å². The molecule has 3 fully saturated rings. The van der Waals surface area contributed by atoms with E-state index in [1.807, 2.05) is 6.92 Å². The second-order valence-electron chi connectivity index (χ2n) is 11.4. The Morgan fingerprint density at radius 3 is 2.64 bits per heavy atom. The number of hydrogen-bond acceptors (Lipinski definition) is 5. The predicted molar refractivity (Wildman–Crippen MR) is 126 cm³/mol. The standard InChI is InChI=1S/C27H37NO5/c1-7-25(4)14-21(33-24(32)18-15-28(6)13-10-19(18)29)26(5)16(2)8-11-27(17(3)23(25)31)12-9-20(30)22(26)27/h7,10,13,15-17,21-23,31H,1,8-9,11-12,14H2,2-6H3/t16-,17+,21-,22?,23+,25-,26+,27+/m1/s1. The Morgan fingerprint density at radius 2 is 1.97 bits per heavy atom. The molecule has 180 valence electrons. The van der Waals surface area contributed by atoms with E-state index >= 15 is 0 Å². The van der Waals surface area contributed by atoms with Gasteiger partial charge in [-0.25, -0.2) is 4.79 Å². The van der Waals surface area contributed by atoms with Crippen LogP contribution >= 0.6 is 0 Å². The van der Waals surface area contributed by atoms with Gasteiger partial charge >= 0.3 is 5.97 Å². The second kappa shape index (κ2) is 7.93. The first-order valence-corrected chi connectivity index (χ1v) is 12.1. The third-order valence-corrected chi connectivity index (χ3v) is 9.83. The number of carbonyl (C=O) groups is 2. The molecule has 1 N–H and O–H groups in total. The van der Waals surface area contributed by atoms with E-state index in [0.29, 0.717) is 12.8 Å². The molecule has 1 unspecified atom stereocenters. The number of Topliss-reactive ketones (excluding diaryl/α,β-unsaturated/α-hetero) is 1. The smallest absolute Gasteiger partial charge is 0.343 e. The molecule has 0 aromatic carbocycles. The Hall–Kier alpha value is -2.21. The molecule has 6 nitrogen and oxygen atoms in total. The number of esters is 1. The molecule has 0 radical (unpaired) electrons. The average molecular weight is 456 g/mol. The first-order chi connectivity index (χ1) is 15.4. The fraction of sp³-hybridized carbons (Fsp3) is 0.667. The molecule has 33 heavy (non-hydrogen) atoms. The average Bonchev–Trinajstić information content (AvgIpc) is 3.14. The molecule has 1 heterocycles. The maximum absolute atomic E-state index is 13.4. The van der Waals surface area contributed by atoms with E-state index in [2.05, 4.69) is 27.4 Å². The number of ketones is 1. The Morgan fingerprint density at radius 1 is 1.27 bits per heavy atom. The van der Waals surface area contributed by atoms with Gasteiger partial charge in [0.25, 0.3) is 0 Å². The van der Waals surface area contributed by atoms with Gasteiger partial charge in [-0.15, -0.1) is 6.58 Å². The molecule has 2 bridgehead atoms. The van der Waals surface area contributed by atoms with Gasteiger partial charge in [-0.1, -0.05) is 33.8 Å². The van der Waals surface area contributed by atoms with Gasteiger partial charge in [0, 0.05) is 48.7 Å². The second-order valence-corrected chi connectivity index (χ2v) is 11.4.